The SMILES string of the molecule is CC(C)(Oc1ccc([C@H]2CC2(Cl)Cl)cc1)C(=O)Nc1cccc2[nH]ccc12. The van der Waals surface area contributed by atoms with Crippen molar-refractivity contribution in [3.05, 3.63) is 60.3 Å². The molecule has 1 atom stereocenters. The van der Waals surface area contributed by atoms with Gasteiger partial charge in [-0.15, -0.1) is 23.2 Å². The van der Waals surface area contributed by atoms with Gasteiger partial charge < -0.3 is 15.0 Å². The van der Waals surface area contributed by atoms with Crippen LogP contribution in [0.25, 0.3) is 10.9 Å². The van der Waals surface area contributed by atoms with Crippen LogP contribution in [0, 0.1) is 0 Å². The molecule has 0 aliphatic heterocycles. The fraction of sp³-hybridized carbons (Fsp3) is 0.286. The molecule has 140 valence electrons. The first-order valence-electron chi connectivity index (χ1n) is 8.81. The van der Waals surface area contributed by atoms with Crippen LogP contribution in [0.4, 0.5) is 5.69 Å². The number of H-pyrrole nitrogens is 1. The lowest BCUT2D eigenvalue weighted by Gasteiger charge is -2.25. The van der Waals surface area contributed by atoms with Crippen molar-refractivity contribution in [3.63, 3.8) is 0 Å². The monoisotopic (exact) mass is 402 g/mol. The lowest BCUT2D eigenvalue weighted by atomic mass is 10.1. The quantitative estimate of drug-likeness (QED) is 0.543. The minimum absolute atomic E-state index is 0.160. The largest absolute Gasteiger partial charge is 0.478 e. The number of halogens is 2. The zero-order valence-corrected chi connectivity index (χ0v) is 16.6. The van der Waals surface area contributed by atoms with E-state index in [4.69, 9.17) is 27.9 Å². The summed E-state index contributed by atoms with van der Waals surface area (Å²) >= 11 is 12.2. The van der Waals surface area contributed by atoms with E-state index < -0.39 is 9.93 Å². The normalized spacial score (nSPS) is 18.3. The Morgan fingerprint density at radius 1 is 1.19 bits per heavy atom. The smallest absolute Gasteiger partial charge is 0.267 e. The number of hydrogen-bond acceptors (Lipinski definition) is 2. The molecule has 1 saturated carbocycles. The zero-order valence-electron chi connectivity index (χ0n) is 15.1. The van der Waals surface area contributed by atoms with E-state index in [1.54, 1.807) is 13.8 Å². The van der Waals surface area contributed by atoms with Crippen molar-refractivity contribution in [1.82, 2.24) is 4.98 Å². The molecular weight excluding hydrogens is 383 g/mol. The second-order valence-corrected chi connectivity index (χ2v) is 8.94. The third-order valence-electron chi connectivity index (χ3n) is 4.87. The highest BCUT2D eigenvalue weighted by Crippen LogP contribution is 2.59. The summed E-state index contributed by atoms with van der Waals surface area (Å²) in [5.74, 6) is 0.560. The topological polar surface area (TPSA) is 54.1 Å². The molecule has 4 rings (SSSR count). The molecule has 1 aliphatic carbocycles. The van der Waals surface area contributed by atoms with Crippen molar-refractivity contribution < 1.29 is 9.53 Å². The average Bonchev–Trinajstić information content (AvgIpc) is 3.03. The number of amides is 1. The maximum atomic E-state index is 12.8. The zero-order chi connectivity index (χ0) is 19.2. The Balaban J connectivity index is 1.46. The summed E-state index contributed by atoms with van der Waals surface area (Å²) in [6, 6.07) is 15.3. The van der Waals surface area contributed by atoms with Crippen molar-refractivity contribution in [3.8, 4) is 5.75 Å². The van der Waals surface area contributed by atoms with Crippen LogP contribution in [-0.2, 0) is 4.79 Å². The fourth-order valence-electron chi connectivity index (χ4n) is 3.15. The van der Waals surface area contributed by atoms with Crippen molar-refractivity contribution >= 4 is 45.7 Å². The third-order valence-corrected chi connectivity index (χ3v) is 5.71. The van der Waals surface area contributed by atoms with Gasteiger partial charge in [-0.25, -0.2) is 0 Å². The van der Waals surface area contributed by atoms with E-state index in [0.717, 1.165) is 28.6 Å². The molecule has 0 radical (unpaired) electrons. The highest BCUT2D eigenvalue weighted by atomic mass is 35.5. The standard InChI is InChI=1S/C21H20Cl2N2O2/c1-20(2,19(26)25-18-5-3-4-17-15(18)10-11-24-17)27-14-8-6-13(7-9-14)16-12-21(16,22)23/h3-11,16,24H,12H2,1-2H3,(H,25,26)/t16-/m1/s1. The van der Waals surface area contributed by atoms with Gasteiger partial charge in [0.15, 0.2) is 5.60 Å². The van der Waals surface area contributed by atoms with Gasteiger partial charge in [-0.3, -0.25) is 4.79 Å². The first kappa shape index (κ1) is 18.2. The Morgan fingerprint density at radius 2 is 1.89 bits per heavy atom. The Bertz CT molecular complexity index is 993. The predicted octanol–water partition coefficient (Wildman–Crippen LogP) is 5.63. The van der Waals surface area contributed by atoms with E-state index in [2.05, 4.69) is 10.3 Å². The van der Waals surface area contributed by atoms with Gasteiger partial charge in [0, 0.05) is 23.0 Å². The first-order valence-corrected chi connectivity index (χ1v) is 9.56. The van der Waals surface area contributed by atoms with Gasteiger partial charge in [0.25, 0.3) is 5.91 Å². The van der Waals surface area contributed by atoms with Crippen LogP contribution in [0.3, 0.4) is 0 Å². The molecule has 27 heavy (non-hydrogen) atoms. The number of carbonyl (C=O) groups is 1. The summed E-state index contributed by atoms with van der Waals surface area (Å²) in [6.07, 6.45) is 2.61. The molecule has 4 nitrogen and oxygen atoms in total. The molecule has 0 saturated heterocycles. The van der Waals surface area contributed by atoms with Crippen LogP contribution in [0.5, 0.6) is 5.75 Å². The average molecular weight is 403 g/mol. The van der Waals surface area contributed by atoms with Gasteiger partial charge in [-0.05, 0) is 56.2 Å². The van der Waals surface area contributed by atoms with Crippen LogP contribution in [0.2, 0.25) is 0 Å². The highest BCUT2D eigenvalue weighted by molar-refractivity contribution is 6.51. The van der Waals surface area contributed by atoms with Gasteiger partial charge >= 0.3 is 0 Å². The van der Waals surface area contributed by atoms with Gasteiger partial charge in [0.05, 0.1) is 5.69 Å². The van der Waals surface area contributed by atoms with Gasteiger partial charge in [-0.1, -0.05) is 18.2 Å². The van der Waals surface area contributed by atoms with E-state index >= 15 is 0 Å². The van der Waals surface area contributed by atoms with E-state index in [0.29, 0.717) is 5.75 Å². The summed E-state index contributed by atoms with van der Waals surface area (Å²) < 4.78 is 5.30. The molecule has 2 aromatic carbocycles. The number of aromatic nitrogens is 1. The third kappa shape index (κ3) is 3.64. The molecule has 1 heterocycles. The second-order valence-electron chi connectivity index (χ2n) is 7.40. The lowest BCUT2D eigenvalue weighted by Crippen LogP contribution is -2.42. The molecule has 0 spiro atoms. The number of fused-ring (bicyclic) bond motifs is 1. The molecule has 2 N–H and O–H groups in total. The summed E-state index contributed by atoms with van der Waals surface area (Å²) in [6.45, 7) is 3.49. The van der Waals surface area contributed by atoms with Crippen molar-refractivity contribution in [2.24, 2.45) is 0 Å². The minimum atomic E-state index is -1.04. The van der Waals surface area contributed by atoms with E-state index in [9.17, 15) is 4.79 Å². The molecule has 1 aromatic heterocycles. The maximum absolute atomic E-state index is 12.8. The number of ether oxygens (including phenoxy) is 1. The van der Waals surface area contributed by atoms with E-state index in [-0.39, 0.29) is 11.8 Å². The van der Waals surface area contributed by atoms with Crippen LogP contribution in [0.1, 0.15) is 31.7 Å². The molecule has 1 amide bonds. The number of carbonyl (C=O) groups excluding carboxylic acids is 1. The molecule has 0 bridgehead atoms. The van der Waals surface area contributed by atoms with Crippen molar-refractivity contribution in [2.45, 2.75) is 36.1 Å². The number of nitrogens with one attached hydrogen (secondary N) is 2. The number of benzene rings is 2. The van der Waals surface area contributed by atoms with E-state index in [1.807, 2.05) is 54.7 Å². The van der Waals surface area contributed by atoms with E-state index in [1.165, 1.54) is 0 Å². The maximum Gasteiger partial charge on any atom is 0.267 e. The summed E-state index contributed by atoms with van der Waals surface area (Å²) in [5.41, 5.74) is 1.76. The minimum Gasteiger partial charge on any atom is -0.478 e. The molecule has 6 heteroatoms. The van der Waals surface area contributed by atoms with Crippen LogP contribution in [0.15, 0.2) is 54.7 Å². The number of alkyl halides is 2. The number of aromatic amines is 1. The highest BCUT2D eigenvalue weighted by Gasteiger charge is 2.52. The Hall–Kier alpha value is -2.17. The van der Waals surface area contributed by atoms with Gasteiger partial charge in [-0.2, -0.15) is 0 Å². The van der Waals surface area contributed by atoms with Crippen LogP contribution in [-0.4, -0.2) is 20.8 Å². The molecule has 1 aliphatic rings. The molecule has 3 aromatic rings. The number of anilines is 1. The van der Waals surface area contributed by atoms with Crippen LogP contribution < -0.4 is 10.1 Å². The lowest BCUT2D eigenvalue weighted by molar-refractivity contribution is -0.128. The first-order chi connectivity index (χ1) is 12.8. The summed E-state index contributed by atoms with van der Waals surface area (Å²) in [4.78, 5) is 15.9. The summed E-state index contributed by atoms with van der Waals surface area (Å²) in [7, 11) is 0. The number of rotatable bonds is 5. The Kier molecular flexibility index (Phi) is 4.36. The molecule has 0 unspecified atom stereocenters. The summed E-state index contributed by atoms with van der Waals surface area (Å²) in [5, 5.41) is 3.92. The fourth-order valence-corrected chi connectivity index (χ4v) is 3.71. The second kappa shape index (κ2) is 6.47. The van der Waals surface area contributed by atoms with Gasteiger partial charge in [0.2, 0.25) is 0 Å². The van der Waals surface area contributed by atoms with Gasteiger partial charge in [0.1, 0.15) is 10.1 Å². The predicted molar refractivity (Wildman–Crippen MR) is 110 cm³/mol. The van der Waals surface area contributed by atoms with Crippen molar-refractivity contribution in [1.29, 1.82) is 0 Å². The molecule has 1 fully saturated rings. The Morgan fingerprint density at radius 3 is 2.56 bits per heavy atom. The number of hydrogen-bond donors (Lipinski definition) is 2. The molecular formula is C21H20Cl2N2O2. The van der Waals surface area contributed by atoms with Crippen molar-refractivity contribution in [2.75, 3.05) is 5.32 Å². The van der Waals surface area contributed by atoms with Crippen LogP contribution >= 0.6 is 23.2 Å². The Labute approximate surface area is 167 Å².